The first-order valence-corrected chi connectivity index (χ1v) is 4.26. The maximum atomic E-state index is 11.1. The fourth-order valence-corrected chi connectivity index (χ4v) is 1.23. The van der Waals surface area contributed by atoms with Gasteiger partial charge in [-0.15, -0.1) is 0 Å². The summed E-state index contributed by atoms with van der Waals surface area (Å²) in [6.45, 7) is 4.72. The molecular weight excluding hydrogens is 170 g/mol. The zero-order valence-corrected chi connectivity index (χ0v) is 7.95. The lowest BCUT2D eigenvalue weighted by Gasteiger charge is -2.22. The van der Waals surface area contributed by atoms with Gasteiger partial charge in [0, 0.05) is 13.2 Å². The van der Waals surface area contributed by atoms with Crippen molar-refractivity contribution in [3.8, 4) is 0 Å². The summed E-state index contributed by atoms with van der Waals surface area (Å²) < 4.78 is 1.51. The number of nitrogens with zero attached hydrogens (tertiary/aromatic N) is 2. The molecule has 74 valence electrons. The molecule has 0 spiro atoms. The van der Waals surface area contributed by atoms with Gasteiger partial charge in [-0.3, -0.25) is 4.57 Å². The summed E-state index contributed by atoms with van der Waals surface area (Å²) in [6, 6.07) is 0. The summed E-state index contributed by atoms with van der Waals surface area (Å²) in [5.74, 6) is 0. The van der Waals surface area contributed by atoms with Crippen LogP contribution in [0.15, 0.2) is 11.1 Å². The third-order valence-electron chi connectivity index (χ3n) is 2.01. The fourth-order valence-electron chi connectivity index (χ4n) is 1.23. The Balaban J connectivity index is 2.68. The molecule has 13 heavy (non-hydrogen) atoms. The standard InChI is InChI=1S/C8H15N3O2/c1-8(2,3-4-12)5-11-6-9-10-7(11)13/h6,12H,3-5H2,1-2H3,(H,10,13). The zero-order chi connectivity index (χ0) is 9.90. The maximum absolute atomic E-state index is 11.1. The number of H-pyrrole nitrogens is 1. The summed E-state index contributed by atoms with van der Waals surface area (Å²) in [6.07, 6.45) is 2.14. The molecule has 0 saturated heterocycles. The van der Waals surface area contributed by atoms with Gasteiger partial charge in [0.05, 0.1) is 0 Å². The number of aliphatic hydroxyl groups is 1. The second kappa shape index (κ2) is 3.74. The highest BCUT2D eigenvalue weighted by molar-refractivity contribution is 4.73. The highest BCUT2D eigenvalue weighted by atomic mass is 16.3. The number of nitrogens with one attached hydrogen (secondary N) is 1. The topological polar surface area (TPSA) is 70.9 Å². The van der Waals surface area contributed by atoms with E-state index in [0.29, 0.717) is 13.0 Å². The lowest BCUT2D eigenvalue weighted by atomic mass is 9.90. The van der Waals surface area contributed by atoms with E-state index in [9.17, 15) is 4.79 Å². The van der Waals surface area contributed by atoms with Crippen molar-refractivity contribution in [3.05, 3.63) is 16.8 Å². The molecule has 1 aromatic rings. The van der Waals surface area contributed by atoms with E-state index in [1.165, 1.54) is 10.9 Å². The molecule has 1 aromatic heterocycles. The second-order valence-electron chi connectivity index (χ2n) is 3.93. The van der Waals surface area contributed by atoms with Crippen molar-refractivity contribution in [3.63, 3.8) is 0 Å². The van der Waals surface area contributed by atoms with E-state index in [4.69, 9.17) is 5.11 Å². The van der Waals surface area contributed by atoms with Crippen LogP contribution in [-0.2, 0) is 6.54 Å². The predicted octanol–water partition coefficient (Wildman–Crippen LogP) is -0.0200. The molecule has 0 aromatic carbocycles. The minimum absolute atomic E-state index is 0.0809. The van der Waals surface area contributed by atoms with Crippen LogP contribution in [0, 0.1) is 5.41 Å². The molecule has 0 aliphatic carbocycles. The normalized spacial score (nSPS) is 11.9. The number of aromatic amines is 1. The Morgan fingerprint density at radius 1 is 1.69 bits per heavy atom. The van der Waals surface area contributed by atoms with Crippen LogP contribution < -0.4 is 5.69 Å². The molecule has 0 saturated carbocycles. The van der Waals surface area contributed by atoms with E-state index < -0.39 is 0 Å². The van der Waals surface area contributed by atoms with Crippen LogP contribution >= 0.6 is 0 Å². The van der Waals surface area contributed by atoms with E-state index in [0.717, 1.165) is 0 Å². The monoisotopic (exact) mass is 185 g/mol. The van der Waals surface area contributed by atoms with E-state index >= 15 is 0 Å². The summed E-state index contributed by atoms with van der Waals surface area (Å²) in [7, 11) is 0. The Kier molecular flexibility index (Phi) is 2.87. The summed E-state index contributed by atoms with van der Waals surface area (Å²) >= 11 is 0. The van der Waals surface area contributed by atoms with Crippen LogP contribution in [0.2, 0.25) is 0 Å². The van der Waals surface area contributed by atoms with Crippen molar-refractivity contribution in [2.24, 2.45) is 5.41 Å². The Hall–Kier alpha value is -1.10. The van der Waals surface area contributed by atoms with E-state index in [1.54, 1.807) is 0 Å². The van der Waals surface area contributed by atoms with Crippen molar-refractivity contribution >= 4 is 0 Å². The maximum Gasteiger partial charge on any atom is 0.343 e. The minimum atomic E-state index is -0.203. The van der Waals surface area contributed by atoms with Crippen molar-refractivity contribution in [1.29, 1.82) is 0 Å². The van der Waals surface area contributed by atoms with Gasteiger partial charge in [-0.25, -0.2) is 9.89 Å². The van der Waals surface area contributed by atoms with Gasteiger partial charge in [-0.1, -0.05) is 13.8 Å². The number of aromatic nitrogens is 3. The van der Waals surface area contributed by atoms with E-state index in [-0.39, 0.29) is 17.7 Å². The van der Waals surface area contributed by atoms with Crippen LogP contribution in [0.4, 0.5) is 0 Å². The van der Waals surface area contributed by atoms with Crippen LogP contribution in [0.25, 0.3) is 0 Å². The third kappa shape index (κ3) is 2.69. The summed E-state index contributed by atoms with van der Waals surface area (Å²) in [4.78, 5) is 11.1. The van der Waals surface area contributed by atoms with Crippen LogP contribution in [0.3, 0.4) is 0 Å². The van der Waals surface area contributed by atoms with Gasteiger partial charge in [-0.2, -0.15) is 5.10 Å². The van der Waals surface area contributed by atoms with Gasteiger partial charge in [0.25, 0.3) is 0 Å². The van der Waals surface area contributed by atoms with Crippen molar-refractivity contribution < 1.29 is 5.11 Å². The van der Waals surface area contributed by atoms with Gasteiger partial charge in [0.1, 0.15) is 6.33 Å². The molecule has 0 amide bonds. The molecule has 0 unspecified atom stereocenters. The fraction of sp³-hybridized carbons (Fsp3) is 0.750. The molecule has 1 heterocycles. The molecule has 1 rings (SSSR count). The first-order chi connectivity index (χ1) is 6.05. The average Bonchev–Trinajstić information content (AvgIpc) is 2.35. The molecule has 0 bridgehead atoms. The van der Waals surface area contributed by atoms with Crippen molar-refractivity contribution in [2.75, 3.05) is 6.61 Å². The third-order valence-corrected chi connectivity index (χ3v) is 2.01. The van der Waals surface area contributed by atoms with Crippen LogP contribution in [0.1, 0.15) is 20.3 Å². The molecule has 5 heteroatoms. The van der Waals surface area contributed by atoms with E-state index in [1.807, 2.05) is 13.8 Å². The molecule has 0 radical (unpaired) electrons. The first kappa shape index (κ1) is 9.98. The number of hydrogen-bond donors (Lipinski definition) is 2. The number of rotatable bonds is 4. The van der Waals surface area contributed by atoms with Crippen LogP contribution in [0.5, 0.6) is 0 Å². The first-order valence-electron chi connectivity index (χ1n) is 4.26. The van der Waals surface area contributed by atoms with Gasteiger partial charge >= 0.3 is 5.69 Å². The average molecular weight is 185 g/mol. The molecular formula is C8H15N3O2. The highest BCUT2D eigenvalue weighted by Crippen LogP contribution is 2.20. The van der Waals surface area contributed by atoms with Crippen LogP contribution in [-0.4, -0.2) is 26.5 Å². The Labute approximate surface area is 76.4 Å². The Bertz CT molecular complexity index is 313. The van der Waals surface area contributed by atoms with E-state index in [2.05, 4.69) is 10.2 Å². The van der Waals surface area contributed by atoms with Gasteiger partial charge < -0.3 is 5.11 Å². The smallest absolute Gasteiger partial charge is 0.343 e. The number of aliphatic hydroxyl groups excluding tert-OH is 1. The second-order valence-corrected chi connectivity index (χ2v) is 3.93. The molecule has 0 atom stereocenters. The zero-order valence-electron chi connectivity index (χ0n) is 7.95. The molecule has 0 aliphatic heterocycles. The SMILES string of the molecule is CC(C)(CCO)Cn1cn[nH]c1=O. The molecule has 0 fully saturated rings. The highest BCUT2D eigenvalue weighted by Gasteiger charge is 2.18. The largest absolute Gasteiger partial charge is 0.396 e. The van der Waals surface area contributed by atoms with Crippen molar-refractivity contribution in [1.82, 2.24) is 14.8 Å². The Morgan fingerprint density at radius 3 is 2.85 bits per heavy atom. The van der Waals surface area contributed by atoms with Gasteiger partial charge in [0.15, 0.2) is 0 Å². The van der Waals surface area contributed by atoms with Gasteiger partial charge in [-0.05, 0) is 11.8 Å². The summed E-state index contributed by atoms with van der Waals surface area (Å²) in [5, 5.41) is 14.7. The lowest BCUT2D eigenvalue weighted by Crippen LogP contribution is -2.27. The summed E-state index contributed by atoms with van der Waals surface area (Å²) in [5.41, 5.74) is -0.284. The van der Waals surface area contributed by atoms with Gasteiger partial charge in [0.2, 0.25) is 0 Å². The minimum Gasteiger partial charge on any atom is -0.396 e. The lowest BCUT2D eigenvalue weighted by molar-refractivity contribution is 0.191. The molecule has 5 nitrogen and oxygen atoms in total. The quantitative estimate of drug-likeness (QED) is 0.692. The molecule has 0 aliphatic rings. The number of hydrogen-bond acceptors (Lipinski definition) is 3. The predicted molar refractivity (Wildman–Crippen MR) is 48.3 cm³/mol. The van der Waals surface area contributed by atoms with Crippen molar-refractivity contribution in [2.45, 2.75) is 26.8 Å². The Morgan fingerprint density at radius 2 is 2.38 bits per heavy atom. The molecule has 2 N–H and O–H groups in total.